The van der Waals surface area contributed by atoms with Gasteiger partial charge < -0.3 is 10.4 Å². The Labute approximate surface area is 138 Å². The minimum atomic E-state index is -4.39. The molecule has 2 atom stereocenters. The summed E-state index contributed by atoms with van der Waals surface area (Å²) < 4.78 is 40.0. The average Bonchev–Trinajstić information content (AvgIpc) is 2.89. The fraction of sp³-hybridized carbons (Fsp3) is 0.389. The van der Waals surface area contributed by atoms with Gasteiger partial charge in [0.05, 0.1) is 0 Å². The van der Waals surface area contributed by atoms with Crippen molar-refractivity contribution in [2.24, 2.45) is 0 Å². The van der Waals surface area contributed by atoms with Crippen molar-refractivity contribution in [3.05, 3.63) is 65.5 Å². The fourth-order valence-electron chi connectivity index (χ4n) is 3.20. The van der Waals surface area contributed by atoms with Crippen LogP contribution < -0.4 is 5.32 Å². The number of hydrogen-bond acceptors (Lipinski definition) is 3. The Balaban J connectivity index is 1.73. The lowest BCUT2D eigenvalue weighted by Crippen LogP contribution is -2.49. The molecule has 0 saturated heterocycles. The molecule has 6 heteroatoms. The van der Waals surface area contributed by atoms with E-state index in [-0.39, 0.29) is 13.0 Å². The first-order valence-electron chi connectivity index (χ1n) is 7.88. The van der Waals surface area contributed by atoms with Crippen molar-refractivity contribution in [3.8, 4) is 0 Å². The molecule has 1 aromatic heterocycles. The monoisotopic (exact) mass is 336 g/mol. The van der Waals surface area contributed by atoms with E-state index in [4.69, 9.17) is 0 Å². The first-order chi connectivity index (χ1) is 11.4. The summed E-state index contributed by atoms with van der Waals surface area (Å²) in [6.45, 7) is -0.126. The summed E-state index contributed by atoms with van der Waals surface area (Å²) in [6.07, 6.45) is -0.525. The lowest BCUT2D eigenvalue weighted by Gasteiger charge is -2.29. The molecule has 1 aliphatic carbocycles. The van der Waals surface area contributed by atoms with Gasteiger partial charge in [-0.3, -0.25) is 4.98 Å². The van der Waals surface area contributed by atoms with Crippen molar-refractivity contribution >= 4 is 0 Å². The lowest BCUT2D eigenvalue weighted by atomic mass is 9.95. The molecule has 0 aliphatic heterocycles. The van der Waals surface area contributed by atoms with Gasteiger partial charge in [-0.05, 0) is 48.1 Å². The predicted octanol–water partition coefficient (Wildman–Crippen LogP) is 2.98. The summed E-state index contributed by atoms with van der Waals surface area (Å²) in [5.74, 6) is 0. The average molecular weight is 336 g/mol. The molecule has 2 aromatic rings. The molecular weight excluding hydrogens is 317 g/mol. The molecule has 0 fully saturated rings. The first kappa shape index (κ1) is 16.9. The second-order valence-corrected chi connectivity index (χ2v) is 6.22. The van der Waals surface area contributed by atoms with E-state index in [1.165, 1.54) is 12.4 Å². The number of alkyl halides is 3. The van der Waals surface area contributed by atoms with E-state index < -0.39 is 17.8 Å². The predicted molar refractivity (Wildman–Crippen MR) is 84.4 cm³/mol. The van der Waals surface area contributed by atoms with Crippen LogP contribution in [0.3, 0.4) is 0 Å². The van der Waals surface area contributed by atoms with Crippen molar-refractivity contribution in [2.45, 2.75) is 37.1 Å². The highest BCUT2D eigenvalue weighted by Gasteiger charge is 2.42. The third-order valence-corrected chi connectivity index (χ3v) is 4.55. The number of nitrogens with zero attached hydrogens (tertiary/aromatic N) is 1. The summed E-state index contributed by atoms with van der Waals surface area (Å²) in [4.78, 5) is 3.82. The molecular formula is C18H19F3N2O. The number of benzene rings is 1. The van der Waals surface area contributed by atoms with Gasteiger partial charge in [0.2, 0.25) is 0 Å². The molecule has 0 amide bonds. The summed E-state index contributed by atoms with van der Waals surface area (Å²) in [6, 6.07) is 8.80. The zero-order valence-electron chi connectivity index (χ0n) is 13.1. The molecule has 0 bridgehead atoms. The Morgan fingerprint density at radius 3 is 2.58 bits per heavy atom. The number of halogens is 3. The molecule has 0 saturated carbocycles. The fourth-order valence-corrected chi connectivity index (χ4v) is 3.20. The molecule has 2 N–H and O–H groups in total. The molecule has 2 unspecified atom stereocenters. The summed E-state index contributed by atoms with van der Waals surface area (Å²) in [7, 11) is 0. The van der Waals surface area contributed by atoms with Crippen LogP contribution in [0.25, 0.3) is 0 Å². The van der Waals surface area contributed by atoms with Crippen LogP contribution in [-0.2, 0) is 18.4 Å². The zero-order chi connectivity index (χ0) is 17.2. The minimum absolute atomic E-state index is 0.126. The van der Waals surface area contributed by atoms with Crippen molar-refractivity contribution in [2.75, 3.05) is 6.54 Å². The van der Waals surface area contributed by atoms with E-state index in [0.29, 0.717) is 18.4 Å². The van der Waals surface area contributed by atoms with Gasteiger partial charge in [-0.1, -0.05) is 24.3 Å². The van der Waals surface area contributed by atoms with Crippen molar-refractivity contribution < 1.29 is 18.3 Å². The molecule has 0 radical (unpaired) electrons. The SMILES string of the molecule is OC1(CNC(Cc2ccncc2)C(F)(F)F)CCc2ccccc21. The van der Waals surface area contributed by atoms with Gasteiger partial charge in [-0.25, -0.2) is 0 Å². The quantitative estimate of drug-likeness (QED) is 0.882. The molecule has 1 aromatic carbocycles. The number of pyridine rings is 1. The number of aryl methyl sites for hydroxylation is 1. The Morgan fingerprint density at radius 1 is 1.17 bits per heavy atom. The van der Waals surface area contributed by atoms with Gasteiger partial charge in [0, 0.05) is 18.9 Å². The smallest absolute Gasteiger partial charge is 0.384 e. The largest absolute Gasteiger partial charge is 0.404 e. The van der Waals surface area contributed by atoms with Gasteiger partial charge >= 0.3 is 6.18 Å². The van der Waals surface area contributed by atoms with Gasteiger partial charge in [0.15, 0.2) is 0 Å². The van der Waals surface area contributed by atoms with Gasteiger partial charge in [0.25, 0.3) is 0 Å². The minimum Gasteiger partial charge on any atom is -0.384 e. The Hall–Kier alpha value is -1.92. The topological polar surface area (TPSA) is 45.1 Å². The van der Waals surface area contributed by atoms with Gasteiger partial charge in [-0.15, -0.1) is 0 Å². The van der Waals surface area contributed by atoms with E-state index in [1.54, 1.807) is 24.3 Å². The maximum absolute atomic E-state index is 13.3. The molecule has 1 aliphatic rings. The van der Waals surface area contributed by atoms with Gasteiger partial charge in [0.1, 0.15) is 11.6 Å². The zero-order valence-corrected chi connectivity index (χ0v) is 13.1. The Morgan fingerprint density at radius 2 is 1.88 bits per heavy atom. The standard InChI is InChI=1S/C18H19F3N2O/c19-18(20,21)16(11-13-6-9-22-10-7-13)23-12-17(24)8-5-14-3-1-2-4-15(14)17/h1-4,6-7,9-10,16,23-24H,5,8,11-12H2. The molecule has 1 heterocycles. The maximum Gasteiger partial charge on any atom is 0.404 e. The second kappa shape index (κ2) is 6.53. The van der Waals surface area contributed by atoms with Crippen LogP contribution in [0.5, 0.6) is 0 Å². The van der Waals surface area contributed by atoms with E-state index in [0.717, 1.165) is 11.1 Å². The van der Waals surface area contributed by atoms with Gasteiger partial charge in [-0.2, -0.15) is 13.2 Å². The normalized spacial score (nSPS) is 21.5. The van der Waals surface area contributed by atoms with Crippen LogP contribution in [0.4, 0.5) is 13.2 Å². The van der Waals surface area contributed by atoms with Crippen molar-refractivity contribution in [3.63, 3.8) is 0 Å². The summed E-state index contributed by atoms with van der Waals surface area (Å²) in [5.41, 5.74) is 1.03. The van der Waals surface area contributed by atoms with Crippen LogP contribution in [0, 0.1) is 0 Å². The number of hydrogen-bond donors (Lipinski definition) is 2. The molecule has 0 spiro atoms. The highest BCUT2D eigenvalue weighted by Crippen LogP contribution is 2.36. The third-order valence-electron chi connectivity index (χ3n) is 4.55. The molecule has 3 nitrogen and oxygen atoms in total. The number of aromatic nitrogens is 1. The van der Waals surface area contributed by atoms with E-state index in [2.05, 4.69) is 10.3 Å². The molecule has 128 valence electrons. The van der Waals surface area contributed by atoms with Crippen LogP contribution in [0.2, 0.25) is 0 Å². The molecule has 3 rings (SSSR count). The van der Waals surface area contributed by atoms with E-state index >= 15 is 0 Å². The van der Waals surface area contributed by atoms with Crippen molar-refractivity contribution in [1.82, 2.24) is 10.3 Å². The highest BCUT2D eigenvalue weighted by molar-refractivity contribution is 5.37. The van der Waals surface area contributed by atoms with Crippen LogP contribution in [0.15, 0.2) is 48.8 Å². The third kappa shape index (κ3) is 3.60. The Bertz CT molecular complexity index is 690. The van der Waals surface area contributed by atoms with Crippen LogP contribution >= 0.6 is 0 Å². The van der Waals surface area contributed by atoms with Crippen LogP contribution in [-0.4, -0.2) is 28.9 Å². The van der Waals surface area contributed by atoms with E-state index in [1.807, 2.05) is 12.1 Å². The lowest BCUT2D eigenvalue weighted by molar-refractivity contribution is -0.158. The highest BCUT2D eigenvalue weighted by atomic mass is 19.4. The Kier molecular flexibility index (Phi) is 4.60. The first-order valence-corrected chi connectivity index (χ1v) is 7.88. The van der Waals surface area contributed by atoms with E-state index in [9.17, 15) is 18.3 Å². The van der Waals surface area contributed by atoms with Crippen molar-refractivity contribution in [1.29, 1.82) is 0 Å². The van der Waals surface area contributed by atoms with Crippen LogP contribution in [0.1, 0.15) is 23.1 Å². The number of aliphatic hydroxyl groups is 1. The molecule has 24 heavy (non-hydrogen) atoms. The second-order valence-electron chi connectivity index (χ2n) is 6.22. The number of fused-ring (bicyclic) bond motifs is 1. The summed E-state index contributed by atoms with van der Waals surface area (Å²) in [5, 5.41) is 13.3. The maximum atomic E-state index is 13.3. The number of nitrogens with one attached hydrogen (secondary N) is 1. The number of rotatable bonds is 5. The summed E-state index contributed by atoms with van der Waals surface area (Å²) >= 11 is 0.